The minimum absolute atomic E-state index is 0.451. The van der Waals surface area contributed by atoms with E-state index in [1.165, 1.54) is 0 Å². The van der Waals surface area contributed by atoms with E-state index in [4.69, 9.17) is 4.74 Å². The van der Waals surface area contributed by atoms with Crippen LogP contribution in [0.5, 0.6) is 5.75 Å². The first kappa shape index (κ1) is 15.3. The Kier molecular flexibility index (Phi) is 5.11. The molecule has 0 aliphatic carbocycles. The van der Waals surface area contributed by atoms with Crippen molar-refractivity contribution in [3.63, 3.8) is 0 Å². The Morgan fingerprint density at radius 2 is 1.76 bits per heavy atom. The summed E-state index contributed by atoms with van der Waals surface area (Å²) in [6.45, 7) is 5.02. The zero-order chi connectivity index (χ0) is 15.2. The first-order valence-electron chi connectivity index (χ1n) is 7.02. The maximum atomic E-state index is 5.16. The lowest BCUT2D eigenvalue weighted by Crippen LogP contribution is -2.22. The van der Waals surface area contributed by atoms with E-state index in [9.17, 15) is 0 Å². The minimum Gasteiger partial charge on any atom is -0.497 e. The molecule has 1 aromatic carbocycles. The monoisotopic (exact) mass is 286 g/mol. The van der Waals surface area contributed by atoms with Crippen LogP contribution < -0.4 is 15.0 Å². The summed E-state index contributed by atoms with van der Waals surface area (Å²) >= 11 is 0. The molecule has 1 N–H and O–H groups in total. The third kappa shape index (κ3) is 4.16. The van der Waals surface area contributed by atoms with E-state index in [0.717, 1.165) is 23.5 Å². The first-order valence-corrected chi connectivity index (χ1v) is 7.02. The Bertz CT molecular complexity index is 551. The van der Waals surface area contributed by atoms with Crippen LogP contribution in [0.25, 0.3) is 0 Å². The number of methoxy groups -OCH3 is 1. The normalized spacial score (nSPS) is 10.7. The van der Waals surface area contributed by atoms with Gasteiger partial charge >= 0.3 is 0 Å². The van der Waals surface area contributed by atoms with Crippen molar-refractivity contribution in [1.82, 2.24) is 15.3 Å². The van der Waals surface area contributed by atoms with Gasteiger partial charge in [-0.15, -0.1) is 0 Å². The van der Waals surface area contributed by atoms with Crippen molar-refractivity contribution in [2.75, 3.05) is 19.1 Å². The molecule has 0 atom stereocenters. The summed E-state index contributed by atoms with van der Waals surface area (Å²) in [6.07, 6.45) is 3.72. The number of anilines is 2. The molecule has 0 spiro atoms. The van der Waals surface area contributed by atoms with Gasteiger partial charge in [0.15, 0.2) is 0 Å². The molecule has 0 unspecified atom stereocenters. The molecule has 0 amide bonds. The van der Waals surface area contributed by atoms with Gasteiger partial charge in [-0.25, -0.2) is 9.97 Å². The van der Waals surface area contributed by atoms with Gasteiger partial charge in [0.25, 0.3) is 0 Å². The molecule has 0 saturated heterocycles. The van der Waals surface area contributed by atoms with E-state index in [1.54, 1.807) is 7.11 Å². The van der Waals surface area contributed by atoms with Gasteiger partial charge in [0.2, 0.25) is 5.95 Å². The Labute approximate surface area is 126 Å². The SMILES string of the molecule is COc1ccc(N(C)c2ncc(CNC(C)C)cn2)cc1. The molecule has 5 nitrogen and oxygen atoms in total. The molecule has 0 aliphatic heterocycles. The molecule has 112 valence electrons. The molecule has 21 heavy (non-hydrogen) atoms. The van der Waals surface area contributed by atoms with Gasteiger partial charge < -0.3 is 15.0 Å². The highest BCUT2D eigenvalue weighted by atomic mass is 16.5. The fraction of sp³-hybridized carbons (Fsp3) is 0.375. The summed E-state index contributed by atoms with van der Waals surface area (Å²) in [4.78, 5) is 10.8. The molecule has 5 heteroatoms. The molecule has 0 aliphatic rings. The van der Waals surface area contributed by atoms with Crippen LogP contribution in [0, 0.1) is 0 Å². The fourth-order valence-electron chi connectivity index (χ4n) is 1.86. The van der Waals surface area contributed by atoms with Gasteiger partial charge in [-0.3, -0.25) is 0 Å². The second-order valence-corrected chi connectivity index (χ2v) is 5.18. The summed E-state index contributed by atoms with van der Waals surface area (Å²) in [6, 6.07) is 8.26. The standard InChI is InChI=1S/C16H22N4O/c1-12(2)17-9-13-10-18-16(19-11-13)20(3)14-5-7-15(21-4)8-6-14/h5-8,10-12,17H,9H2,1-4H3. The molecule has 1 heterocycles. The van der Waals surface area contributed by atoms with Crippen molar-refractivity contribution >= 4 is 11.6 Å². The minimum atomic E-state index is 0.451. The molecule has 0 radical (unpaired) electrons. The summed E-state index contributed by atoms with van der Waals surface area (Å²) in [5.74, 6) is 1.51. The van der Waals surface area contributed by atoms with Crippen molar-refractivity contribution in [2.45, 2.75) is 26.4 Å². The molecule has 2 aromatic rings. The van der Waals surface area contributed by atoms with Gasteiger partial charge in [0, 0.05) is 43.3 Å². The number of hydrogen-bond donors (Lipinski definition) is 1. The average molecular weight is 286 g/mol. The molecule has 2 rings (SSSR count). The smallest absolute Gasteiger partial charge is 0.229 e. The number of aromatic nitrogens is 2. The lowest BCUT2D eigenvalue weighted by Gasteiger charge is -2.17. The average Bonchev–Trinajstić information content (AvgIpc) is 2.53. The maximum Gasteiger partial charge on any atom is 0.229 e. The number of ether oxygens (including phenoxy) is 1. The zero-order valence-electron chi connectivity index (χ0n) is 13.0. The highest BCUT2D eigenvalue weighted by molar-refractivity contribution is 5.57. The van der Waals surface area contributed by atoms with E-state index < -0.39 is 0 Å². The van der Waals surface area contributed by atoms with Crippen LogP contribution in [0.2, 0.25) is 0 Å². The van der Waals surface area contributed by atoms with Crippen molar-refractivity contribution in [2.24, 2.45) is 0 Å². The Balaban J connectivity index is 2.06. The zero-order valence-corrected chi connectivity index (χ0v) is 13.0. The molecule has 0 bridgehead atoms. The van der Waals surface area contributed by atoms with Crippen molar-refractivity contribution in [3.8, 4) is 5.75 Å². The second-order valence-electron chi connectivity index (χ2n) is 5.18. The largest absolute Gasteiger partial charge is 0.497 e. The van der Waals surface area contributed by atoms with Crippen LogP contribution in [0.3, 0.4) is 0 Å². The van der Waals surface area contributed by atoms with Gasteiger partial charge in [0.1, 0.15) is 5.75 Å². The number of hydrogen-bond acceptors (Lipinski definition) is 5. The third-order valence-corrected chi connectivity index (χ3v) is 3.17. The van der Waals surface area contributed by atoms with Crippen LogP contribution in [0.1, 0.15) is 19.4 Å². The topological polar surface area (TPSA) is 50.3 Å². The van der Waals surface area contributed by atoms with E-state index in [1.807, 2.05) is 48.6 Å². The molecular formula is C16H22N4O. The molecular weight excluding hydrogens is 264 g/mol. The number of benzene rings is 1. The third-order valence-electron chi connectivity index (χ3n) is 3.17. The van der Waals surface area contributed by atoms with Crippen LogP contribution in [0.4, 0.5) is 11.6 Å². The molecule has 0 saturated carbocycles. The van der Waals surface area contributed by atoms with Gasteiger partial charge in [-0.2, -0.15) is 0 Å². The van der Waals surface area contributed by atoms with Crippen LogP contribution in [0.15, 0.2) is 36.7 Å². The summed E-state index contributed by atoms with van der Waals surface area (Å²) < 4.78 is 5.16. The van der Waals surface area contributed by atoms with E-state index >= 15 is 0 Å². The van der Waals surface area contributed by atoms with E-state index in [2.05, 4.69) is 29.1 Å². The van der Waals surface area contributed by atoms with E-state index in [-0.39, 0.29) is 0 Å². The Morgan fingerprint density at radius 3 is 2.29 bits per heavy atom. The van der Waals surface area contributed by atoms with Crippen molar-refractivity contribution in [3.05, 3.63) is 42.2 Å². The van der Waals surface area contributed by atoms with Crippen LogP contribution >= 0.6 is 0 Å². The first-order chi connectivity index (χ1) is 10.1. The number of rotatable bonds is 6. The highest BCUT2D eigenvalue weighted by Crippen LogP contribution is 2.22. The van der Waals surface area contributed by atoms with Gasteiger partial charge in [-0.1, -0.05) is 13.8 Å². The van der Waals surface area contributed by atoms with Crippen molar-refractivity contribution in [1.29, 1.82) is 0 Å². The summed E-state index contributed by atoms with van der Waals surface area (Å²) in [5.41, 5.74) is 2.10. The predicted molar refractivity (Wildman–Crippen MR) is 85.1 cm³/mol. The lowest BCUT2D eigenvalue weighted by atomic mass is 10.3. The van der Waals surface area contributed by atoms with Gasteiger partial charge in [0.05, 0.1) is 7.11 Å². The number of nitrogens with zero attached hydrogens (tertiary/aromatic N) is 3. The molecule has 0 fully saturated rings. The van der Waals surface area contributed by atoms with Crippen molar-refractivity contribution < 1.29 is 4.74 Å². The summed E-state index contributed by atoms with van der Waals surface area (Å²) in [7, 11) is 3.61. The van der Waals surface area contributed by atoms with Crippen LogP contribution in [-0.2, 0) is 6.54 Å². The Morgan fingerprint density at radius 1 is 1.14 bits per heavy atom. The highest BCUT2D eigenvalue weighted by Gasteiger charge is 2.07. The summed E-state index contributed by atoms with van der Waals surface area (Å²) in [5, 5.41) is 3.35. The number of nitrogens with one attached hydrogen (secondary N) is 1. The Hall–Kier alpha value is -2.14. The molecule has 1 aromatic heterocycles. The van der Waals surface area contributed by atoms with Gasteiger partial charge in [-0.05, 0) is 24.3 Å². The maximum absolute atomic E-state index is 5.16. The van der Waals surface area contributed by atoms with E-state index in [0.29, 0.717) is 12.0 Å². The quantitative estimate of drug-likeness (QED) is 0.885. The fourth-order valence-corrected chi connectivity index (χ4v) is 1.86. The second kappa shape index (κ2) is 7.04. The predicted octanol–water partition coefficient (Wildman–Crippen LogP) is 2.75. The lowest BCUT2D eigenvalue weighted by molar-refractivity contribution is 0.415. The van der Waals surface area contributed by atoms with Crippen LogP contribution in [-0.4, -0.2) is 30.2 Å².